The molecule has 0 spiro atoms. The first kappa shape index (κ1) is 10.7. The number of imidazole rings is 1. The Morgan fingerprint density at radius 2 is 2.35 bits per heavy atom. The van der Waals surface area contributed by atoms with Crippen molar-refractivity contribution in [3.05, 3.63) is 40.6 Å². The number of hydrogen-bond acceptors (Lipinski definition) is 4. The minimum atomic E-state index is 0.0188. The van der Waals surface area contributed by atoms with E-state index in [9.17, 15) is 4.79 Å². The van der Waals surface area contributed by atoms with Gasteiger partial charge in [0, 0.05) is 28.3 Å². The van der Waals surface area contributed by atoms with Crippen LogP contribution in [0.25, 0.3) is 9.40 Å². The molecule has 0 amide bonds. The second-order valence-electron chi connectivity index (χ2n) is 3.63. The van der Waals surface area contributed by atoms with Crippen molar-refractivity contribution >= 4 is 37.9 Å². The van der Waals surface area contributed by atoms with E-state index in [-0.39, 0.29) is 5.78 Å². The molecule has 0 aliphatic heterocycles. The minimum Gasteiger partial charge on any atom is -0.328 e. The van der Waals surface area contributed by atoms with E-state index in [2.05, 4.69) is 4.98 Å². The fourth-order valence-corrected chi connectivity index (χ4v) is 3.81. The van der Waals surface area contributed by atoms with Gasteiger partial charge in [-0.1, -0.05) is 0 Å². The van der Waals surface area contributed by atoms with Crippen LogP contribution in [0.1, 0.15) is 22.4 Å². The highest BCUT2D eigenvalue weighted by atomic mass is 32.1. The van der Waals surface area contributed by atoms with Crippen molar-refractivity contribution in [1.29, 1.82) is 0 Å². The molecule has 0 aliphatic rings. The molecule has 3 rings (SSSR count). The zero-order valence-corrected chi connectivity index (χ0v) is 10.8. The van der Waals surface area contributed by atoms with Gasteiger partial charge < -0.3 is 4.57 Å². The molecule has 5 heteroatoms. The third kappa shape index (κ3) is 1.71. The number of carbonyl (C=O) groups is 1. The van der Waals surface area contributed by atoms with Gasteiger partial charge in [0.2, 0.25) is 5.78 Å². The summed E-state index contributed by atoms with van der Waals surface area (Å²) < 4.78 is 4.22. The molecule has 0 aliphatic carbocycles. The molecule has 3 aromatic heterocycles. The van der Waals surface area contributed by atoms with Crippen LogP contribution in [0.2, 0.25) is 0 Å². The maximum Gasteiger partial charge on any atom is 0.238 e. The van der Waals surface area contributed by atoms with Crippen LogP contribution in [0.5, 0.6) is 0 Å². The van der Waals surface area contributed by atoms with Crippen molar-refractivity contribution < 1.29 is 4.79 Å². The molecule has 0 atom stereocenters. The van der Waals surface area contributed by atoms with E-state index in [1.54, 1.807) is 17.5 Å². The molecule has 3 heterocycles. The lowest BCUT2D eigenvalue weighted by molar-refractivity contribution is 0.102. The summed E-state index contributed by atoms with van der Waals surface area (Å²) in [5.41, 5.74) is 0. The van der Waals surface area contributed by atoms with Crippen molar-refractivity contribution in [1.82, 2.24) is 9.55 Å². The van der Waals surface area contributed by atoms with E-state index >= 15 is 0 Å². The zero-order valence-electron chi connectivity index (χ0n) is 9.21. The van der Waals surface area contributed by atoms with E-state index in [1.165, 1.54) is 20.7 Å². The summed E-state index contributed by atoms with van der Waals surface area (Å²) in [6.07, 6.45) is 3.51. The second-order valence-corrected chi connectivity index (χ2v) is 5.66. The minimum absolute atomic E-state index is 0.0188. The molecular weight excluding hydrogens is 252 g/mol. The number of fused-ring (bicyclic) bond motifs is 1. The molecule has 0 saturated carbocycles. The second kappa shape index (κ2) is 4.09. The van der Waals surface area contributed by atoms with E-state index < -0.39 is 0 Å². The highest BCUT2D eigenvalue weighted by Gasteiger charge is 2.17. The van der Waals surface area contributed by atoms with Gasteiger partial charge >= 0.3 is 0 Å². The normalized spacial score (nSPS) is 11.1. The summed E-state index contributed by atoms with van der Waals surface area (Å²) in [5, 5.41) is 2.04. The first-order chi connectivity index (χ1) is 8.29. The Balaban J connectivity index is 2.04. The number of thiophene rings is 2. The van der Waals surface area contributed by atoms with Crippen molar-refractivity contribution in [3.8, 4) is 0 Å². The molecule has 0 N–H and O–H groups in total. The van der Waals surface area contributed by atoms with Gasteiger partial charge in [0.25, 0.3) is 0 Å². The summed E-state index contributed by atoms with van der Waals surface area (Å²) in [7, 11) is 0. The summed E-state index contributed by atoms with van der Waals surface area (Å²) in [6, 6.07) is 4.01. The van der Waals surface area contributed by atoms with Crippen LogP contribution in [-0.2, 0) is 6.54 Å². The molecule has 3 nitrogen and oxygen atoms in total. The summed E-state index contributed by atoms with van der Waals surface area (Å²) >= 11 is 3.20. The summed E-state index contributed by atoms with van der Waals surface area (Å²) in [6.45, 7) is 2.77. The van der Waals surface area contributed by atoms with Gasteiger partial charge in [-0.15, -0.1) is 22.7 Å². The fourth-order valence-electron chi connectivity index (χ4n) is 1.76. The van der Waals surface area contributed by atoms with Gasteiger partial charge in [-0.25, -0.2) is 4.98 Å². The number of hydrogen-bond donors (Lipinski definition) is 0. The number of ketones is 1. The number of aryl methyl sites for hydroxylation is 1. The monoisotopic (exact) mass is 262 g/mol. The van der Waals surface area contributed by atoms with Crippen molar-refractivity contribution in [3.63, 3.8) is 0 Å². The zero-order chi connectivity index (χ0) is 11.8. The average Bonchev–Trinajstić information content (AvgIpc) is 3.02. The molecule has 0 unspecified atom stereocenters. The number of carbonyl (C=O) groups excluding carboxylic acids is 1. The van der Waals surface area contributed by atoms with E-state index in [4.69, 9.17) is 0 Å². The predicted molar refractivity (Wildman–Crippen MR) is 71.0 cm³/mol. The Morgan fingerprint density at radius 1 is 1.47 bits per heavy atom. The quantitative estimate of drug-likeness (QED) is 0.678. The first-order valence-electron chi connectivity index (χ1n) is 5.32. The summed E-state index contributed by atoms with van der Waals surface area (Å²) in [5.74, 6) is 0.548. The van der Waals surface area contributed by atoms with Gasteiger partial charge in [-0.05, 0) is 24.4 Å². The lowest BCUT2D eigenvalue weighted by atomic mass is 10.3. The lowest BCUT2D eigenvalue weighted by Crippen LogP contribution is -2.08. The fraction of sp³-hybridized carbons (Fsp3) is 0.167. The maximum absolute atomic E-state index is 12.3. The maximum atomic E-state index is 12.3. The van der Waals surface area contributed by atoms with Crippen LogP contribution in [0.15, 0.2) is 29.9 Å². The number of rotatable bonds is 3. The van der Waals surface area contributed by atoms with Gasteiger partial charge in [-0.2, -0.15) is 0 Å². The van der Waals surface area contributed by atoms with Crippen LogP contribution in [0, 0.1) is 0 Å². The highest BCUT2D eigenvalue weighted by molar-refractivity contribution is 7.28. The standard InChI is InChI=1S/C12H10N2OS2/c1-2-14-5-4-13-12(14)11(15)10-7-9-8(17-10)3-6-16-9/h3-7H,2H2,1H3. The van der Waals surface area contributed by atoms with E-state index in [0.717, 1.165) is 11.4 Å². The molecule has 0 saturated heterocycles. The largest absolute Gasteiger partial charge is 0.328 e. The van der Waals surface area contributed by atoms with E-state index in [1.807, 2.05) is 35.2 Å². The van der Waals surface area contributed by atoms with Crippen molar-refractivity contribution in [2.24, 2.45) is 0 Å². The Morgan fingerprint density at radius 3 is 3.12 bits per heavy atom. The molecule has 0 bridgehead atoms. The lowest BCUT2D eigenvalue weighted by Gasteiger charge is -2.01. The van der Waals surface area contributed by atoms with Crippen LogP contribution >= 0.6 is 22.7 Å². The Bertz CT molecular complexity index is 649. The Labute approximate surface area is 106 Å². The van der Waals surface area contributed by atoms with Crippen molar-refractivity contribution in [2.75, 3.05) is 0 Å². The third-order valence-corrected chi connectivity index (χ3v) is 4.71. The number of aromatic nitrogens is 2. The van der Waals surface area contributed by atoms with Crippen molar-refractivity contribution in [2.45, 2.75) is 13.5 Å². The summed E-state index contributed by atoms with van der Waals surface area (Å²) in [4.78, 5) is 17.2. The molecule has 3 aromatic rings. The van der Waals surface area contributed by atoms with E-state index in [0.29, 0.717) is 5.82 Å². The molecule has 86 valence electrons. The van der Waals surface area contributed by atoms with Crippen LogP contribution in [0.3, 0.4) is 0 Å². The van der Waals surface area contributed by atoms with Gasteiger partial charge in [0.05, 0.1) is 4.88 Å². The highest BCUT2D eigenvalue weighted by Crippen LogP contribution is 2.31. The molecular formula is C12H10N2OS2. The van der Waals surface area contributed by atoms with Gasteiger partial charge in [0.1, 0.15) is 0 Å². The molecule has 17 heavy (non-hydrogen) atoms. The van der Waals surface area contributed by atoms with Crippen LogP contribution in [0.4, 0.5) is 0 Å². The van der Waals surface area contributed by atoms with Crippen LogP contribution in [-0.4, -0.2) is 15.3 Å². The smallest absolute Gasteiger partial charge is 0.238 e. The predicted octanol–water partition coefficient (Wildman–Crippen LogP) is 3.41. The van der Waals surface area contributed by atoms with Crippen LogP contribution < -0.4 is 0 Å². The average molecular weight is 262 g/mol. The Hall–Kier alpha value is -1.46. The van der Waals surface area contributed by atoms with Gasteiger partial charge in [-0.3, -0.25) is 4.79 Å². The third-order valence-electron chi connectivity index (χ3n) is 2.62. The molecule has 0 fully saturated rings. The van der Waals surface area contributed by atoms with Gasteiger partial charge in [0.15, 0.2) is 5.82 Å². The molecule has 0 aromatic carbocycles. The Kier molecular flexibility index (Phi) is 2.57. The number of nitrogens with zero attached hydrogens (tertiary/aromatic N) is 2. The topological polar surface area (TPSA) is 34.9 Å². The first-order valence-corrected chi connectivity index (χ1v) is 7.02. The SMILES string of the molecule is CCn1ccnc1C(=O)c1cc2sccc2s1. The molecule has 0 radical (unpaired) electrons.